The van der Waals surface area contributed by atoms with E-state index in [0.29, 0.717) is 24.5 Å². The highest BCUT2D eigenvalue weighted by molar-refractivity contribution is 6.01. The van der Waals surface area contributed by atoms with Crippen LogP contribution in [0.25, 0.3) is 0 Å². The van der Waals surface area contributed by atoms with Gasteiger partial charge in [0.2, 0.25) is 5.91 Å². The van der Waals surface area contributed by atoms with Crippen LogP contribution in [-0.4, -0.2) is 37.5 Å². The minimum Gasteiger partial charge on any atom is -0.493 e. The summed E-state index contributed by atoms with van der Waals surface area (Å²) < 4.78 is 16.5. The van der Waals surface area contributed by atoms with Crippen LogP contribution in [0.1, 0.15) is 30.5 Å². The van der Waals surface area contributed by atoms with Crippen molar-refractivity contribution >= 4 is 11.9 Å². The molecule has 6 nitrogen and oxygen atoms in total. The molecule has 0 aromatic heterocycles. The van der Waals surface area contributed by atoms with Crippen molar-refractivity contribution < 1.29 is 23.8 Å². The van der Waals surface area contributed by atoms with Gasteiger partial charge in [0.05, 0.1) is 19.8 Å². The molecule has 0 bridgehead atoms. The van der Waals surface area contributed by atoms with E-state index in [4.69, 9.17) is 14.2 Å². The van der Waals surface area contributed by atoms with Crippen LogP contribution in [0, 0.1) is 11.8 Å². The number of hydrogen-bond acceptors (Lipinski definition) is 5. The maximum Gasteiger partial charge on any atom is 0.319 e. The van der Waals surface area contributed by atoms with Gasteiger partial charge in [0.25, 0.3) is 0 Å². The Hall–Kier alpha value is -3.02. The van der Waals surface area contributed by atoms with Crippen LogP contribution in [0.5, 0.6) is 11.5 Å². The van der Waals surface area contributed by atoms with Gasteiger partial charge in [-0.05, 0) is 42.2 Å². The molecule has 0 aliphatic carbocycles. The lowest BCUT2D eigenvalue weighted by Gasteiger charge is -2.44. The lowest BCUT2D eigenvalue weighted by molar-refractivity contribution is -0.155. The Morgan fingerprint density at radius 2 is 1.80 bits per heavy atom. The molecule has 2 aromatic carbocycles. The van der Waals surface area contributed by atoms with E-state index in [0.717, 1.165) is 16.7 Å². The number of carbonyl (C=O) groups is 2. The van der Waals surface area contributed by atoms with Gasteiger partial charge >= 0.3 is 5.97 Å². The molecule has 2 aliphatic heterocycles. The van der Waals surface area contributed by atoms with E-state index in [1.807, 2.05) is 61.2 Å². The second kappa shape index (κ2) is 7.67. The summed E-state index contributed by atoms with van der Waals surface area (Å²) in [5, 5.41) is 0. The van der Waals surface area contributed by atoms with Gasteiger partial charge in [-0.1, -0.05) is 37.3 Å². The first-order valence-corrected chi connectivity index (χ1v) is 10.2. The van der Waals surface area contributed by atoms with E-state index in [2.05, 4.69) is 0 Å². The van der Waals surface area contributed by atoms with Crippen LogP contribution < -0.4 is 9.47 Å². The van der Waals surface area contributed by atoms with Crippen LogP contribution in [0.3, 0.4) is 0 Å². The monoisotopic (exact) mass is 409 g/mol. The first-order valence-electron chi connectivity index (χ1n) is 10.2. The summed E-state index contributed by atoms with van der Waals surface area (Å²) in [6, 6.07) is 13.4. The van der Waals surface area contributed by atoms with E-state index in [9.17, 15) is 9.59 Å². The van der Waals surface area contributed by atoms with Crippen molar-refractivity contribution in [2.24, 2.45) is 11.8 Å². The van der Waals surface area contributed by atoms with Crippen molar-refractivity contribution in [1.29, 1.82) is 0 Å². The predicted molar refractivity (Wildman–Crippen MR) is 111 cm³/mol. The van der Waals surface area contributed by atoms with Crippen molar-refractivity contribution in [3.05, 3.63) is 59.2 Å². The van der Waals surface area contributed by atoms with Gasteiger partial charge in [0.1, 0.15) is 12.5 Å². The number of esters is 1. The van der Waals surface area contributed by atoms with Crippen molar-refractivity contribution in [3.8, 4) is 11.5 Å². The fourth-order valence-corrected chi connectivity index (χ4v) is 4.87. The number of rotatable bonds is 5. The summed E-state index contributed by atoms with van der Waals surface area (Å²) >= 11 is 0. The highest BCUT2D eigenvalue weighted by Gasteiger charge is 2.59. The van der Waals surface area contributed by atoms with Crippen LogP contribution in [0.4, 0.5) is 0 Å². The lowest BCUT2D eigenvalue weighted by Crippen LogP contribution is -2.48. The molecule has 0 saturated carbocycles. The Morgan fingerprint density at radius 1 is 1.13 bits per heavy atom. The van der Waals surface area contributed by atoms with Gasteiger partial charge in [-0.15, -0.1) is 0 Å². The molecule has 2 aliphatic rings. The van der Waals surface area contributed by atoms with E-state index < -0.39 is 17.4 Å². The summed E-state index contributed by atoms with van der Waals surface area (Å²) in [4.78, 5) is 28.0. The molecule has 30 heavy (non-hydrogen) atoms. The third-order valence-corrected chi connectivity index (χ3v) is 6.72. The lowest BCUT2D eigenvalue weighted by atomic mass is 9.73. The van der Waals surface area contributed by atoms with Crippen molar-refractivity contribution in [2.75, 3.05) is 20.8 Å². The Kier molecular flexibility index (Phi) is 5.18. The third kappa shape index (κ3) is 3.02. The summed E-state index contributed by atoms with van der Waals surface area (Å²) in [6.45, 7) is 4.71. The molecule has 2 heterocycles. The zero-order valence-electron chi connectivity index (χ0n) is 17.8. The van der Waals surface area contributed by atoms with Gasteiger partial charge in [-0.3, -0.25) is 9.59 Å². The maximum atomic E-state index is 13.3. The number of hydrogen-bond donors (Lipinski definition) is 0. The van der Waals surface area contributed by atoms with E-state index in [-0.39, 0.29) is 18.4 Å². The summed E-state index contributed by atoms with van der Waals surface area (Å²) in [5.41, 5.74) is 2.41. The van der Waals surface area contributed by atoms with E-state index >= 15 is 0 Å². The summed E-state index contributed by atoms with van der Waals surface area (Å²) in [5.74, 6) is -0.404. The maximum absolute atomic E-state index is 13.3. The smallest absolute Gasteiger partial charge is 0.319 e. The van der Waals surface area contributed by atoms with Gasteiger partial charge in [0.15, 0.2) is 11.5 Å². The molecular weight excluding hydrogens is 382 g/mol. The fourth-order valence-electron chi connectivity index (χ4n) is 4.87. The van der Waals surface area contributed by atoms with Crippen molar-refractivity contribution in [2.45, 2.75) is 32.4 Å². The number of nitrogens with zero attached hydrogens (tertiary/aromatic N) is 1. The molecule has 0 N–H and O–H groups in total. The van der Waals surface area contributed by atoms with Gasteiger partial charge in [-0.2, -0.15) is 0 Å². The van der Waals surface area contributed by atoms with Crippen molar-refractivity contribution in [3.63, 3.8) is 0 Å². The number of benzene rings is 2. The molecule has 0 spiro atoms. The fraction of sp³-hybridized carbons (Fsp3) is 0.417. The van der Waals surface area contributed by atoms with Crippen LogP contribution in [0.2, 0.25) is 0 Å². The molecule has 0 unspecified atom stereocenters. The average molecular weight is 409 g/mol. The summed E-state index contributed by atoms with van der Waals surface area (Å²) in [7, 11) is 3.21. The normalized spacial score (nSPS) is 24.8. The van der Waals surface area contributed by atoms with Crippen molar-refractivity contribution in [1.82, 2.24) is 4.90 Å². The topological polar surface area (TPSA) is 65.1 Å². The highest BCUT2D eigenvalue weighted by atomic mass is 16.5. The van der Waals surface area contributed by atoms with E-state index in [1.54, 1.807) is 14.2 Å². The first kappa shape index (κ1) is 20.3. The predicted octanol–water partition coefficient (Wildman–Crippen LogP) is 3.31. The van der Waals surface area contributed by atoms with Crippen LogP contribution >= 0.6 is 0 Å². The molecule has 1 fully saturated rings. The molecular formula is C24H27NO5. The largest absolute Gasteiger partial charge is 0.493 e. The minimum absolute atomic E-state index is 0.161. The average Bonchev–Trinajstić information content (AvgIpc) is 2.97. The zero-order valence-corrected chi connectivity index (χ0v) is 17.8. The standard InChI is InChI=1S/C24H27NO5/c1-15-21(23(27)30-14-16-8-6-5-7-9-16)22(26)25-11-10-17-12-19(28-3)20(29-4)13-18(17)24(15,25)2/h5-9,12-13,15,21H,10-11,14H2,1-4H3/t15-,21-,24-/m1/s1. The number of ether oxygens (including phenoxy) is 3. The Balaban J connectivity index is 1.65. The number of carbonyl (C=O) groups excluding carboxylic acids is 2. The van der Waals surface area contributed by atoms with Crippen LogP contribution in [-0.2, 0) is 32.9 Å². The van der Waals surface area contributed by atoms with Gasteiger partial charge in [-0.25, -0.2) is 0 Å². The molecule has 6 heteroatoms. The third-order valence-electron chi connectivity index (χ3n) is 6.72. The number of amides is 1. The second-order valence-electron chi connectivity index (χ2n) is 8.11. The SMILES string of the molecule is COc1cc2c(cc1OC)[C@@]1(C)[C@H](C)[C@@H](C(=O)OCc3ccccc3)C(=O)N1CC2. The highest BCUT2D eigenvalue weighted by Crippen LogP contribution is 2.52. The van der Waals surface area contributed by atoms with Gasteiger partial charge in [0, 0.05) is 12.5 Å². The zero-order chi connectivity index (χ0) is 21.5. The van der Waals surface area contributed by atoms with Crippen LogP contribution in [0.15, 0.2) is 42.5 Å². The molecule has 1 saturated heterocycles. The molecule has 0 radical (unpaired) electrons. The Labute approximate surface area is 176 Å². The number of fused-ring (bicyclic) bond motifs is 3. The number of methoxy groups -OCH3 is 2. The Morgan fingerprint density at radius 3 is 2.47 bits per heavy atom. The molecule has 158 valence electrons. The molecule has 4 rings (SSSR count). The summed E-state index contributed by atoms with van der Waals surface area (Å²) in [6.07, 6.45) is 0.704. The first-order chi connectivity index (χ1) is 14.4. The molecule has 1 amide bonds. The molecule has 3 atom stereocenters. The minimum atomic E-state index is -0.822. The van der Waals surface area contributed by atoms with E-state index in [1.165, 1.54) is 0 Å². The Bertz CT molecular complexity index is 973. The molecule has 2 aromatic rings. The second-order valence-corrected chi connectivity index (χ2v) is 8.11. The van der Waals surface area contributed by atoms with Gasteiger partial charge < -0.3 is 19.1 Å². The quantitative estimate of drug-likeness (QED) is 0.560.